The highest BCUT2D eigenvalue weighted by Gasteiger charge is 2.10. The summed E-state index contributed by atoms with van der Waals surface area (Å²) in [5, 5.41) is 2.79. The molecule has 1 N–H and O–H groups in total. The molecule has 0 saturated heterocycles. The van der Waals surface area contributed by atoms with Gasteiger partial charge in [-0.05, 0) is 51.8 Å². The SMILES string of the molecule is O=C(NCc1ccc(F)cc1)c1cc(Br)ccc1Br. The van der Waals surface area contributed by atoms with Crippen molar-refractivity contribution in [2.75, 3.05) is 0 Å². The fourth-order valence-electron chi connectivity index (χ4n) is 1.55. The molecule has 2 nitrogen and oxygen atoms in total. The molecule has 5 heteroatoms. The van der Waals surface area contributed by atoms with E-state index in [9.17, 15) is 9.18 Å². The fourth-order valence-corrected chi connectivity index (χ4v) is 2.34. The minimum Gasteiger partial charge on any atom is -0.348 e. The summed E-state index contributed by atoms with van der Waals surface area (Å²) in [6, 6.07) is 11.4. The third-order valence-electron chi connectivity index (χ3n) is 2.54. The largest absolute Gasteiger partial charge is 0.348 e. The highest BCUT2D eigenvalue weighted by Crippen LogP contribution is 2.21. The molecular formula is C14H10Br2FNO. The van der Waals surface area contributed by atoms with Crippen LogP contribution in [0.15, 0.2) is 51.4 Å². The molecule has 1 amide bonds. The number of amides is 1. The molecule has 0 radical (unpaired) electrons. The third-order valence-corrected chi connectivity index (χ3v) is 3.72. The van der Waals surface area contributed by atoms with Crippen LogP contribution in [0.4, 0.5) is 4.39 Å². The Morgan fingerprint density at radius 3 is 2.47 bits per heavy atom. The molecule has 0 heterocycles. The van der Waals surface area contributed by atoms with Crippen molar-refractivity contribution in [1.29, 1.82) is 0 Å². The number of halogens is 3. The zero-order chi connectivity index (χ0) is 13.8. The van der Waals surface area contributed by atoms with E-state index in [1.54, 1.807) is 24.3 Å². The van der Waals surface area contributed by atoms with Crippen molar-refractivity contribution >= 4 is 37.8 Å². The van der Waals surface area contributed by atoms with Crippen molar-refractivity contribution in [3.63, 3.8) is 0 Å². The number of carbonyl (C=O) groups is 1. The van der Waals surface area contributed by atoms with Crippen LogP contribution in [0.25, 0.3) is 0 Å². The first kappa shape index (κ1) is 14.2. The molecule has 0 bridgehead atoms. The topological polar surface area (TPSA) is 29.1 Å². The molecule has 0 aliphatic rings. The molecule has 0 spiro atoms. The molecule has 0 aromatic heterocycles. The van der Waals surface area contributed by atoms with Crippen molar-refractivity contribution in [1.82, 2.24) is 5.32 Å². The molecule has 0 fully saturated rings. The lowest BCUT2D eigenvalue weighted by Crippen LogP contribution is -2.23. The van der Waals surface area contributed by atoms with E-state index < -0.39 is 0 Å². The second kappa shape index (κ2) is 6.30. The van der Waals surface area contributed by atoms with Crippen LogP contribution >= 0.6 is 31.9 Å². The monoisotopic (exact) mass is 385 g/mol. The van der Waals surface area contributed by atoms with Gasteiger partial charge in [0.1, 0.15) is 5.82 Å². The van der Waals surface area contributed by atoms with E-state index in [0.717, 1.165) is 14.5 Å². The molecule has 0 unspecified atom stereocenters. The van der Waals surface area contributed by atoms with Crippen molar-refractivity contribution in [2.24, 2.45) is 0 Å². The lowest BCUT2D eigenvalue weighted by atomic mass is 10.2. The van der Waals surface area contributed by atoms with Gasteiger partial charge in [-0.3, -0.25) is 4.79 Å². The van der Waals surface area contributed by atoms with Crippen LogP contribution in [0.5, 0.6) is 0 Å². The zero-order valence-electron chi connectivity index (χ0n) is 9.79. The minimum absolute atomic E-state index is 0.183. The van der Waals surface area contributed by atoms with Crippen LogP contribution in [0.1, 0.15) is 15.9 Å². The lowest BCUT2D eigenvalue weighted by Gasteiger charge is -2.07. The summed E-state index contributed by atoms with van der Waals surface area (Å²) in [6.07, 6.45) is 0. The van der Waals surface area contributed by atoms with Gasteiger partial charge in [0, 0.05) is 15.5 Å². The standard InChI is InChI=1S/C14H10Br2FNO/c15-10-3-6-13(16)12(7-10)14(19)18-8-9-1-4-11(17)5-2-9/h1-7H,8H2,(H,18,19). The molecule has 19 heavy (non-hydrogen) atoms. The van der Waals surface area contributed by atoms with E-state index >= 15 is 0 Å². The van der Waals surface area contributed by atoms with E-state index in [4.69, 9.17) is 0 Å². The summed E-state index contributed by atoms with van der Waals surface area (Å²) in [6.45, 7) is 0.359. The van der Waals surface area contributed by atoms with Crippen molar-refractivity contribution in [2.45, 2.75) is 6.54 Å². The third kappa shape index (κ3) is 3.88. The maximum absolute atomic E-state index is 12.7. The fraction of sp³-hybridized carbons (Fsp3) is 0.0714. The maximum Gasteiger partial charge on any atom is 0.252 e. The molecular weight excluding hydrogens is 377 g/mol. The molecule has 0 aliphatic carbocycles. The van der Waals surface area contributed by atoms with Gasteiger partial charge < -0.3 is 5.32 Å². The van der Waals surface area contributed by atoms with Crippen LogP contribution in [-0.2, 0) is 6.54 Å². The Hall–Kier alpha value is -1.20. The summed E-state index contributed by atoms with van der Waals surface area (Å²) < 4.78 is 14.3. The molecule has 2 aromatic carbocycles. The van der Waals surface area contributed by atoms with E-state index in [1.807, 2.05) is 6.07 Å². The first-order valence-electron chi connectivity index (χ1n) is 5.54. The van der Waals surface area contributed by atoms with Gasteiger partial charge in [0.2, 0.25) is 0 Å². The summed E-state index contributed by atoms with van der Waals surface area (Å²) in [5.74, 6) is -0.470. The van der Waals surface area contributed by atoms with E-state index in [2.05, 4.69) is 37.2 Å². The second-order valence-electron chi connectivity index (χ2n) is 3.93. The van der Waals surface area contributed by atoms with Gasteiger partial charge in [-0.1, -0.05) is 28.1 Å². The van der Waals surface area contributed by atoms with Gasteiger partial charge in [-0.2, -0.15) is 0 Å². The first-order valence-corrected chi connectivity index (χ1v) is 7.12. The van der Waals surface area contributed by atoms with Crippen LogP contribution in [0.2, 0.25) is 0 Å². The summed E-state index contributed by atoms with van der Waals surface area (Å²) in [7, 11) is 0. The van der Waals surface area contributed by atoms with Gasteiger partial charge in [-0.25, -0.2) is 4.39 Å². The predicted molar refractivity (Wildman–Crippen MR) is 79.4 cm³/mol. The van der Waals surface area contributed by atoms with Crippen molar-refractivity contribution in [3.05, 3.63) is 68.4 Å². The number of nitrogens with one attached hydrogen (secondary N) is 1. The van der Waals surface area contributed by atoms with Crippen LogP contribution in [0, 0.1) is 5.82 Å². The Kier molecular flexibility index (Phi) is 4.71. The Morgan fingerprint density at radius 1 is 1.11 bits per heavy atom. The minimum atomic E-state index is -0.287. The zero-order valence-corrected chi connectivity index (χ0v) is 13.0. The Morgan fingerprint density at radius 2 is 1.79 bits per heavy atom. The van der Waals surface area contributed by atoms with Crippen LogP contribution in [-0.4, -0.2) is 5.91 Å². The number of rotatable bonds is 3. The van der Waals surface area contributed by atoms with Gasteiger partial charge in [0.15, 0.2) is 0 Å². The number of hydrogen-bond donors (Lipinski definition) is 1. The molecule has 2 rings (SSSR count). The highest BCUT2D eigenvalue weighted by atomic mass is 79.9. The van der Waals surface area contributed by atoms with Gasteiger partial charge >= 0.3 is 0 Å². The Labute approximate surface area is 127 Å². The predicted octanol–water partition coefficient (Wildman–Crippen LogP) is 4.28. The highest BCUT2D eigenvalue weighted by molar-refractivity contribution is 9.11. The van der Waals surface area contributed by atoms with Crippen LogP contribution < -0.4 is 5.32 Å². The maximum atomic E-state index is 12.7. The van der Waals surface area contributed by atoms with E-state index in [0.29, 0.717) is 12.1 Å². The summed E-state index contributed by atoms with van der Waals surface area (Å²) in [4.78, 5) is 12.0. The lowest BCUT2D eigenvalue weighted by molar-refractivity contribution is 0.0950. The normalized spacial score (nSPS) is 10.3. The summed E-state index contributed by atoms with van der Waals surface area (Å²) in [5.41, 5.74) is 1.40. The smallest absolute Gasteiger partial charge is 0.252 e. The first-order chi connectivity index (χ1) is 9.06. The van der Waals surface area contributed by atoms with Crippen LogP contribution in [0.3, 0.4) is 0 Å². The molecule has 0 aliphatic heterocycles. The van der Waals surface area contributed by atoms with Crippen molar-refractivity contribution in [3.8, 4) is 0 Å². The quantitative estimate of drug-likeness (QED) is 0.837. The Balaban J connectivity index is 2.05. The average Bonchev–Trinajstić information content (AvgIpc) is 2.40. The number of carbonyl (C=O) groups excluding carboxylic acids is 1. The van der Waals surface area contributed by atoms with Gasteiger partial charge in [0.05, 0.1) is 5.56 Å². The molecule has 98 valence electrons. The van der Waals surface area contributed by atoms with E-state index in [1.165, 1.54) is 12.1 Å². The molecule has 0 atom stereocenters. The number of hydrogen-bond acceptors (Lipinski definition) is 1. The molecule has 2 aromatic rings. The summed E-state index contributed by atoms with van der Waals surface area (Å²) >= 11 is 6.66. The van der Waals surface area contributed by atoms with Gasteiger partial charge in [-0.15, -0.1) is 0 Å². The van der Waals surface area contributed by atoms with E-state index in [-0.39, 0.29) is 11.7 Å². The number of benzene rings is 2. The van der Waals surface area contributed by atoms with Gasteiger partial charge in [0.25, 0.3) is 5.91 Å². The molecule has 0 saturated carbocycles. The second-order valence-corrected chi connectivity index (χ2v) is 5.70. The van der Waals surface area contributed by atoms with Crippen molar-refractivity contribution < 1.29 is 9.18 Å². The average molecular weight is 387 g/mol. The Bertz CT molecular complexity index is 599.